The van der Waals surface area contributed by atoms with Crippen LogP contribution in [0.4, 0.5) is 5.82 Å². The van der Waals surface area contributed by atoms with E-state index in [1.54, 1.807) is 18.3 Å². The van der Waals surface area contributed by atoms with Crippen molar-refractivity contribution in [3.8, 4) is 0 Å². The highest BCUT2D eigenvalue weighted by Gasteiger charge is 2.42. The molecule has 1 unspecified atom stereocenters. The third-order valence-corrected chi connectivity index (χ3v) is 6.09. The Balaban J connectivity index is 1.41. The first-order valence-electron chi connectivity index (χ1n) is 9.91. The molecule has 2 fully saturated rings. The van der Waals surface area contributed by atoms with E-state index < -0.39 is 5.91 Å². The Labute approximate surface area is 161 Å². The van der Waals surface area contributed by atoms with E-state index in [1.165, 1.54) is 24.9 Å². The molecule has 2 N–H and O–H groups in total. The third kappa shape index (κ3) is 3.98. The van der Waals surface area contributed by atoms with Crippen molar-refractivity contribution < 1.29 is 4.79 Å². The molecule has 2 saturated heterocycles. The minimum absolute atomic E-state index is 0.307. The Kier molecular flexibility index (Phi) is 5.12. The number of nitrogens with two attached hydrogens (primary N) is 1. The lowest BCUT2D eigenvalue weighted by atomic mass is 9.79. The number of hydrogen-bond acceptors (Lipinski definition) is 4. The summed E-state index contributed by atoms with van der Waals surface area (Å²) in [6.07, 6.45) is 6.51. The average molecular weight is 364 g/mol. The number of rotatable bonds is 5. The van der Waals surface area contributed by atoms with Gasteiger partial charge in [0.05, 0.1) is 5.56 Å². The topological polar surface area (TPSA) is 62.5 Å². The van der Waals surface area contributed by atoms with Gasteiger partial charge in [-0.2, -0.15) is 0 Å². The second-order valence-corrected chi connectivity index (χ2v) is 8.03. The predicted molar refractivity (Wildman–Crippen MR) is 108 cm³/mol. The van der Waals surface area contributed by atoms with E-state index in [4.69, 9.17) is 5.73 Å². The monoisotopic (exact) mass is 364 g/mol. The maximum atomic E-state index is 11.8. The van der Waals surface area contributed by atoms with E-state index >= 15 is 0 Å². The SMILES string of the molecule is NC(=O)c1cccnc1N1CCC2(CCCN(CCc3ccccc3)C2)C1. The van der Waals surface area contributed by atoms with E-state index in [0.717, 1.165) is 44.8 Å². The first-order valence-corrected chi connectivity index (χ1v) is 9.91. The summed E-state index contributed by atoms with van der Waals surface area (Å²) in [5, 5.41) is 0. The van der Waals surface area contributed by atoms with Gasteiger partial charge in [-0.3, -0.25) is 4.79 Å². The quantitative estimate of drug-likeness (QED) is 0.886. The number of pyridine rings is 1. The van der Waals surface area contributed by atoms with Gasteiger partial charge < -0.3 is 15.5 Å². The number of primary amides is 1. The van der Waals surface area contributed by atoms with Gasteiger partial charge in [0.1, 0.15) is 5.82 Å². The van der Waals surface area contributed by atoms with Gasteiger partial charge >= 0.3 is 0 Å². The summed E-state index contributed by atoms with van der Waals surface area (Å²) < 4.78 is 0. The highest BCUT2D eigenvalue weighted by molar-refractivity contribution is 5.97. The van der Waals surface area contributed by atoms with Crippen molar-refractivity contribution in [2.75, 3.05) is 37.6 Å². The molecule has 2 aliphatic rings. The van der Waals surface area contributed by atoms with Crippen molar-refractivity contribution in [2.24, 2.45) is 11.1 Å². The van der Waals surface area contributed by atoms with Crippen LogP contribution < -0.4 is 10.6 Å². The summed E-state index contributed by atoms with van der Waals surface area (Å²) >= 11 is 0. The number of amides is 1. The molecular formula is C22H28N4O. The van der Waals surface area contributed by atoms with Crippen molar-refractivity contribution in [1.29, 1.82) is 0 Å². The lowest BCUT2D eigenvalue weighted by Gasteiger charge is -2.40. The zero-order valence-electron chi connectivity index (χ0n) is 15.8. The van der Waals surface area contributed by atoms with Gasteiger partial charge in [-0.1, -0.05) is 30.3 Å². The van der Waals surface area contributed by atoms with E-state index in [0.29, 0.717) is 11.0 Å². The number of carbonyl (C=O) groups excluding carboxylic acids is 1. The molecule has 142 valence electrons. The van der Waals surface area contributed by atoms with Gasteiger partial charge in [0, 0.05) is 37.8 Å². The van der Waals surface area contributed by atoms with E-state index in [-0.39, 0.29) is 0 Å². The van der Waals surface area contributed by atoms with Gasteiger partial charge in [-0.05, 0) is 49.9 Å². The maximum Gasteiger partial charge on any atom is 0.252 e. The lowest BCUT2D eigenvalue weighted by Crippen LogP contribution is -2.45. The molecule has 4 rings (SSSR count). The fraction of sp³-hybridized carbons (Fsp3) is 0.455. The summed E-state index contributed by atoms with van der Waals surface area (Å²) in [5.74, 6) is 0.357. The molecule has 1 spiro atoms. The second-order valence-electron chi connectivity index (χ2n) is 8.03. The van der Waals surface area contributed by atoms with Crippen LogP contribution in [-0.2, 0) is 6.42 Å². The Morgan fingerprint density at radius 2 is 1.93 bits per heavy atom. The second kappa shape index (κ2) is 7.69. The molecule has 1 amide bonds. The van der Waals surface area contributed by atoms with Gasteiger partial charge in [0.25, 0.3) is 5.91 Å². The summed E-state index contributed by atoms with van der Waals surface area (Å²) in [7, 11) is 0. The standard InChI is InChI=1S/C22H28N4O/c23-20(27)19-8-4-12-24-21(19)26-15-11-22(17-26)10-5-13-25(16-22)14-9-18-6-2-1-3-7-18/h1-4,6-8,12H,5,9-11,13-17H2,(H2,23,27). The van der Waals surface area contributed by atoms with Crippen LogP contribution in [0.3, 0.4) is 0 Å². The fourth-order valence-corrected chi connectivity index (χ4v) is 4.72. The van der Waals surface area contributed by atoms with E-state index in [1.807, 2.05) is 0 Å². The van der Waals surface area contributed by atoms with Gasteiger partial charge in [0.15, 0.2) is 0 Å². The number of likely N-dealkylation sites (tertiary alicyclic amines) is 1. The Hall–Kier alpha value is -2.40. The summed E-state index contributed by atoms with van der Waals surface area (Å²) in [6.45, 7) is 5.34. The lowest BCUT2D eigenvalue weighted by molar-refractivity contribution is 0.0999. The molecule has 2 aliphatic heterocycles. The molecule has 0 saturated carbocycles. The van der Waals surface area contributed by atoms with E-state index in [2.05, 4.69) is 45.1 Å². The van der Waals surface area contributed by atoms with Gasteiger partial charge in [-0.15, -0.1) is 0 Å². The smallest absolute Gasteiger partial charge is 0.252 e. The Bertz CT molecular complexity index is 794. The average Bonchev–Trinajstić information content (AvgIpc) is 3.10. The Morgan fingerprint density at radius 1 is 1.07 bits per heavy atom. The molecule has 2 aromatic rings. The van der Waals surface area contributed by atoms with E-state index in [9.17, 15) is 4.79 Å². The molecule has 1 aromatic heterocycles. The molecule has 1 aromatic carbocycles. The van der Waals surface area contributed by atoms with Crippen LogP contribution >= 0.6 is 0 Å². The van der Waals surface area contributed by atoms with Gasteiger partial charge in [-0.25, -0.2) is 4.98 Å². The summed E-state index contributed by atoms with van der Waals surface area (Å²) in [6, 6.07) is 14.3. The third-order valence-electron chi connectivity index (χ3n) is 6.09. The van der Waals surface area contributed by atoms with Crippen LogP contribution in [0, 0.1) is 5.41 Å². The number of carbonyl (C=O) groups is 1. The fourth-order valence-electron chi connectivity index (χ4n) is 4.72. The largest absolute Gasteiger partial charge is 0.365 e. The van der Waals surface area contributed by atoms with Gasteiger partial charge in [0.2, 0.25) is 0 Å². The molecule has 0 bridgehead atoms. The number of aromatic nitrogens is 1. The highest BCUT2D eigenvalue weighted by atomic mass is 16.1. The number of anilines is 1. The zero-order chi connectivity index (χ0) is 18.7. The molecule has 0 radical (unpaired) electrons. The molecular weight excluding hydrogens is 336 g/mol. The normalized spacial score (nSPS) is 23.0. The van der Waals surface area contributed by atoms with Crippen molar-refractivity contribution in [3.63, 3.8) is 0 Å². The summed E-state index contributed by atoms with van der Waals surface area (Å²) in [5.41, 5.74) is 7.80. The molecule has 1 atom stereocenters. The van der Waals surface area contributed by atoms with Crippen LogP contribution in [-0.4, -0.2) is 48.5 Å². The number of piperidine rings is 1. The zero-order valence-corrected chi connectivity index (χ0v) is 15.8. The van der Waals surface area contributed by atoms with Crippen molar-refractivity contribution >= 4 is 11.7 Å². The number of nitrogens with zero attached hydrogens (tertiary/aromatic N) is 3. The first kappa shape index (κ1) is 18.0. The van der Waals surface area contributed by atoms with Crippen LogP contribution in [0.1, 0.15) is 35.2 Å². The van der Waals surface area contributed by atoms with Crippen LogP contribution in [0.15, 0.2) is 48.7 Å². The maximum absolute atomic E-state index is 11.8. The molecule has 27 heavy (non-hydrogen) atoms. The molecule has 5 nitrogen and oxygen atoms in total. The van der Waals surface area contributed by atoms with Crippen LogP contribution in [0.2, 0.25) is 0 Å². The molecule has 0 aliphatic carbocycles. The number of hydrogen-bond donors (Lipinski definition) is 1. The number of benzene rings is 1. The first-order chi connectivity index (χ1) is 13.2. The van der Waals surface area contributed by atoms with Crippen LogP contribution in [0.25, 0.3) is 0 Å². The van der Waals surface area contributed by atoms with Crippen molar-refractivity contribution in [2.45, 2.75) is 25.7 Å². The molecule has 3 heterocycles. The van der Waals surface area contributed by atoms with Crippen LogP contribution in [0.5, 0.6) is 0 Å². The van der Waals surface area contributed by atoms with Crippen molar-refractivity contribution in [1.82, 2.24) is 9.88 Å². The minimum atomic E-state index is -0.396. The highest BCUT2D eigenvalue weighted by Crippen LogP contribution is 2.40. The Morgan fingerprint density at radius 3 is 2.74 bits per heavy atom. The predicted octanol–water partition coefficient (Wildman–Crippen LogP) is 2.72. The molecule has 5 heteroatoms. The van der Waals surface area contributed by atoms with Crippen molar-refractivity contribution in [3.05, 3.63) is 59.8 Å². The minimum Gasteiger partial charge on any atom is -0.365 e. The summed E-state index contributed by atoms with van der Waals surface area (Å²) in [4.78, 5) is 21.1.